The van der Waals surface area contributed by atoms with Crippen molar-refractivity contribution in [1.29, 1.82) is 0 Å². The van der Waals surface area contributed by atoms with Gasteiger partial charge >= 0.3 is 0 Å². The average Bonchev–Trinajstić information content (AvgIpc) is 2.40. The third kappa shape index (κ3) is 3.09. The second-order valence-electron chi connectivity index (χ2n) is 4.48. The highest BCUT2D eigenvalue weighted by Gasteiger charge is 2.25. The molecule has 19 heavy (non-hydrogen) atoms. The van der Waals surface area contributed by atoms with Crippen molar-refractivity contribution in [2.24, 2.45) is 0 Å². The van der Waals surface area contributed by atoms with Crippen LogP contribution in [0.2, 0.25) is 5.02 Å². The molecule has 0 saturated heterocycles. The Morgan fingerprint density at radius 1 is 1.37 bits per heavy atom. The number of nitrogens with zero attached hydrogens (tertiary/aromatic N) is 1. The summed E-state index contributed by atoms with van der Waals surface area (Å²) in [5.41, 5.74) is 1.43. The van der Waals surface area contributed by atoms with Gasteiger partial charge in [-0.25, -0.2) is 0 Å². The zero-order valence-electron chi connectivity index (χ0n) is 10.5. The Morgan fingerprint density at radius 3 is 2.68 bits per heavy atom. The van der Waals surface area contributed by atoms with Crippen molar-refractivity contribution in [1.82, 2.24) is 4.90 Å². The quantitative estimate of drug-likeness (QED) is 0.592. The average molecular weight is 391 g/mol. The lowest BCUT2D eigenvalue weighted by Gasteiger charge is -2.09. The van der Waals surface area contributed by atoms with Crippen LogP contribution in [0.4, 0.5) is 5.69 Å². The van der Waals surface area contributed by atoms with Crippen LogP contribution in [0.5, 0.6) is 0 Å². The number of rotatable bonds is 1. The summed E-state index contributed by atoms with van der Waals surface area (Å²) < 4.78 is 0.784. The van der Waals surface area contributed by atoms with Gasteiger partial charge in [-0.2, -0.15) is 0 Å². The van der Waals surface area contributed by atoms with Crippen LogP contribution in [0.25, 0.3) is 0 Å². The fourth-order valence-corrected chi connectivity index (χ4v) is 2.51. The van der Waals surface area contributed by atoms with Crippen LogP contribution < -0.4 is 5.32 Å². The molecule has 0 spiro atoms. The standard InChI is InChI=1S/C13H12ClIN2O2/c1-17(2)6-7-3-12(18)16-11-5-9(14)10(15)4-8(11)13(7)19/h4-6H,3H2,1-2H3,(H,16,18). The molecule has 6 heteroatoms. The number of hydrogen-bond acceptors (Lipinski definition) is 3. The molecule has 1 aromatic rings. The van der Waals surface area contributed by atoms with Crippen molar-refractivity contribution in [3.8, 4) is 0 Å². The van der Waals surface area contributed by atoms with Crippen LogP contribution >= 0.6 is 34.2 Å². The van der Waals surface area contributed by atoms with E-state index in [1.807, 2.05) is 14.1 Å². The largest absolute Gasteiger partial charge is 0.383 e. The third-order valence-electron chi connectivity index (χ3n) is 2.64. The van der Waals surface area contributed by atoms with E-state index in [2.05, 4.69) is 27.9 Å². The van der Waals surface area contributed by atoms with E-state index < -0.39 is 0 Å². The maximum absolute atomic E-state index is 12.4. The van der Waals surface area contributed by atoms with E-state index >= 15 is 0 Å². The highest BCUT2D eigenvalue weighted by Crippen LogP contribution is 2.31. The van der Waals surface area contributed by atoms with Gasteiger partial charge in [0.1, 0.15) is 0 Å². The van der Waals surface area contributed by atoms with Gasteiger partial charge in [0.25, 0.3) is 0 Å². The Labute approximate surface area is 129 Å². The van der Waals surface area contributed by atoms with Gasteiger partial charge in [0.05, 0.1) is 17.1 Å². The summed E-state index contributed by atoms with van der Waals surface area (Å²) in [5, 5.41) is 3.24. The monoisotopic (exact) mass is 390 g/mol. The summed E-state index contributed by atoms with van der Waals surface area (Å²) >= 11 is 8.09. The predicted molar refractivity (Wildman–Crippen MR) is 83.5 cm³/mol. The number of carbonyl (C=O) groups is 2. The molecule has 0 saturated carbocycles. The lowest BCUT2D eigenvalue weighted by atomic mass is 10.0. The summed E-state index contributed by atoms with van der Waals surface area (Å²) in [6, 6.07) is 3.32. The fourth-order valence-electron chi connectivity index (χ4n) is 1.87. The Kier molecular flexibility index (Phi) is 4.15. The van der Waals surface area contributed by atoms with Gasteiger partial charge < -0.3 is 10.2 Å². The molecule has 1 amide bonds. The Morgan fingerprint density at radius 2 is 2.05 bits per heavy atom. The Balaban J connectivity index is 2.58. The number of nitrogens with one attached hydrogen (secondary N) is 1. The molecular weight excluding hydrogens is 379 g/mol. The lowest BCUT2D eigenvalue weighted by molar-refractivity contribution is -0.115. The number of Topliss-reactive ketones (excluding diaryl/α,β-unsaturated/α-hetero) is 1. The second-order valence-corrected chi connectivity index (χ2v) is 6.05. The van der Waals surface area contributed by atoms with Crippen molar-refractivity contribution >= 4 is 51.6 Å². The first-order valence-corrected chi connectivity index (χ1v) is 7.05. The molecule has 0 atom stereocenters. The first-order valence-electron chi connectivity index (χ1n) is 5.59. The van der Waals surface area contributed by atoms with Crippen LogP contribution in [-0.4, -0.2) is 30.7 Å². The molecule has 0 unspecified atom stereocenters. The van der Waals surface area contributed by atoms with Crippen molar-refractivity contribution < 1.29 is 9.59 Å². The maximum atomic E-state index is 12.4. The van der Waals surface area contributed by atoms with Gasteiger partial charge in [0.2, 0.25) is 5.91 Å². The highest BCUT2D eigenvalue weighted by atomic mass is 127. The van der Waals surface area contributed by atoms with Crippen LogP contribution in [0, 0.1) is 3.57 Å². The van der Waals surface area contributed by atoms with Crippen molar-refractivity contribution in [3.05, 3.63) is 38.1 Å². The van der Waals surface area contributed by atoms with Crippen molar-refractivity contribution in [2.45, 2.75) is 6.42 Å². The van der Waals surface area contributed by atoms with Crippen LogP contribution in [0.15, 0.2) is 23.9 Å². The van der Waals surface area contributed by atoms with Crippen LogP contribution in [0.3, 0.4) is 0 Å². The molecule has 1 heterocycles. The Bertz CT molecular complexity index is 597. The smallest absolute Gasteiger partial charge is 0.229 e. The van der Waals surface area contributed by atoms with E-state index in [9.17, 15) is 9.59 Å². The first kappa shape index (κ1) is 14.3. The van der Waals surface area contributed by atoms with Gasteiger partial charge in [-0.1, -0.05) is 11.6 Å². The van der Waals surface area contributed by atoms with Gasteiger partial charge in [-0.3, -0.25) is 9.59 Å². The molecule has 0 aromatic heterocycles. The normalized spacial score (nSPS) is 16.9. The van der Waals surface area contributed by atoms with E-state index in [-0.39, 0.29) is 18.1 Å². The lowest BCUT2D eigenvalue weighted by Crippen LogP contribution is -2.12. The number of hydrogen-bond donors (Lipinski definition) is 1. The number of anilines is 1. The minimum atomic E-state index is -0.211. The number of halogens is 2. The highest BCUT2D eigenvalue weighted by molar-refractivity contribution is 14.1. The van der Waals surface area contributed by atoms with Crippen LogP contribution in [0.1, 0.15) is 16.8 Å². The number of carbonyl (C=O) groups excluding carboxylic acids is 2. The molecule has 1 aliphatic heterocycles. The van der Waals surface area contributed by atoms with Crippen molar-refractivity contribution in [3.63, 3.8) is 0 Å². The predicted octanol–water partition coefficient (Wildman–Crippen LogP) is 2.92. The molecule has 2 rings (SSSR count). The first-order chi connectivity index (χ1) is 8.88. The number of amides is 1. The summed E-state index contributed by atoms with van der Waals surface area (Å²) in [6.45, 7) is 0. The summed E-state index contributed by atoms with van der Waals surface area (Å²) in [7, 11) is 3.63. The second kappa shape index (κ2) is 5.50. The van der Waals surface area contributed by atoms with Gasteiger partial charge in [-0.15, -0.1) is 0 Å². The van der Waals surface area contributed by atoms with Crippen molar-refractivity contribution in [2.75, 3.05) is 19.4 Å². The molecule has 0 radical (unpaired) electrons. The SMILES string of the molecule is CN(C)C=C1CC(=O)Nc2cc(Cl)c(I)cc2C1=O. The summed E-state index contributed by atoms with van der Waals surface area (Å²) in [6.07, 6.45) is 1.75. The van der Waals surface area contributed by atoms with Gasteiger partial charge in [0, 0.05) is 35.0 Å². The molecule has 1 aromatic carbocycles. The maximum Gasteiger partial charge on any atom is 0.229 e. The number of fused-ring (bicyclic) bond motifs is 1. The van der Waals surface area contributed by atoms with Gasteiger partial charge in [-0.05, 0) is 34.7 Å². The molecule has 1 N–H and O–H groups in total. The molecule has 0 bridgehead atoms. The molecule has 1 aliphatic rings. The zero-order valence-corrected chi connectivity index (χ0v) is 13.4. The number of benzene rings is 1. The summed E-state index contributed by atoms with van der Waals surface area (Å²) in [5.74, 6) is -0.353. The van der Waals surface area contributed by atoms with E-state index in [0.29, 0.717) is 21.8 Å². The van der Waals surface area contributed by atoms with Crippen LogP contribution in [-0.2, 0) is 4.79 Å². The Hall–Kier alpha value is -1.08. The summed E-state index contributed by atoms with van der Waals surface area (Å²) in [4.78, 5) is 26.0. The topological polar surface area (TPSA) is 49.4 Å². The molecule has 100 valence electrons. The zero-order chi connectivity index (χ0) is 14.2. The van der Waals surface area contributed by atoms with E-state index in [1.54, 1.807) is 23.2 Å². The number of ketones is 1. The van der Waals surface area contributed by atoms with E-state index in [0.717, 1.165) is 3.57 Å². The van der Waals surface area contributed by atoms with E-state index in [1.165, 1.54) is 0 Å². The minimum Gasteiger partial charge on any atom is -0.383 e. The molecule has 4 nitrogen and oxygen atoms in total. The third-order valence-corrected chi connectivity index (χ3v) is 4.16. The van der Waals surface area contributed by atoms with E-state index in [4.69, 9.17) is 11.6 Å². The molecular formula is C13H12ClIN2O2. The minimum absolute atomic E-state index is 0.0693. The molecule has 0 fully saturated rings. The fraction of sp³-hybridized carbons (Fsp3) is 0.231. The van der Waals surface area contributed by atoms with Gasteiger partial charge in [0.15, 0.2) is 5.78 Å². The molecule has 0 aliphatic carbocycles.